The predicted molar refractivity (Wildman–Crippen MR) is 79.8 cm³/mol. The molecule has 6 heteroatoms. The van der Waals surface area contributed by atoms with E-state index in [1.807, 2.05) is 6.07 Å². The lowest BCUT2D eigenvalue weighted by molar-refractivity contribution is -0.144. The largest absolute Gasteiger partial charge is 0.485 e. The Hall–Kier alpha value is -3.02. The zero-order chi connectivity index (χ0) is 16.2. The fourth-order valence-corrected chi connectivity index (χ4v) is 2.09. The Morgan fingerprint density at radius 1 is 1.04 bits per heavy atom. The number of methoxy groups -OCH3 is 1. The average molecular weight is 314 g/mol. The zero-order valence-corrected chi connectivity index (χ0v) is 12.4. The summed E-state index contributed by atoms with van der Waals surface area (Å²) in [7, 11) is 1.30. The van der Waals surface area contributed by atoms with E-state index in [0.29, 0.717) is 22.8 Å². The number of rotatable bonds is 3. The van der Waals surface area contributed by atoms with Crippen molar-refractivity contribution in [2.45, 2.75) is 6.10 Å². The molecule has 1 aliphatic heterocycles. The molecule has 0 N–H and O–H groups in total. The monoisotopic (exact) mass is 314 g/mol. The van der Waals surface area contributed by atoms with Gasteiger partial charge in [0.25, 0.3) is 0 Å². The predicted octanol–water partition coefficient (Wildman–Crippen LogP) is 2.22. The van der Waals surface area contributed by atoms with Crippen molar-refractivity contribution in [1.82, 2.24) is 0 Å². The van der Waals surface area contributed by atoms with Crippen molar-refractivity contribution < 1.29 is 28.5 Å². The van der Waals surface area contributed by atoms with E-state index in [1.165, 1.54) is 31.4 Å². The number of carbonyl (C=O) groups is 2. The molecule has 0 fully saturated rings. The summed E-state index contributed by atoms with van der Waals surface area (Å²) < 4.78 is 20.9. The number of hydrogen-bond donors (Lipinski definition) is 0. The fraction of sp³-hybridized carbons (Fsp3) is 0.176. The van der Waals surface area contributed by atoms with Crippen molar-refractivity contribution in [3.8, 4) is 17.2 Å². The molecule has 118 valence electrons. The highest BCUT2D eigenvalue weighted by Crippen LogP contribution is 2.31. The first kappa shape index (κ1) is 14.9. The van der Waals surface area contributed by atoms with Gasteiger partial charge in [-0.15, -0.1) is 0 Å². The molecule has 1 atom stereocenters. The van der Waals surface area contributed by atoms with Crippen LogP contribution < -0.4 is 14.2 Å². The van der Waals surface area contributed by atoms with Crippen molar-refractivity contribution in [3.63, 3.8) is 0 Å². The lowest BCUT2D eigenvalue weighted by Crippen LogP contribution is -2.39. The molecule has 0 radical (unpaired) electrons. The van der Waals surface area contributed by atoms with Gasteiger partial charge >= 0.3 is 11.9 Å². The molecule has 1 aliphatic rings. The number of fused-ring (bicyclic) bond motifs is 1. The van der Waals surface area contributed by atoms with Crippen LogP contribution in [0.2, 0.25) is 0 Å². The number of hydrogen-bond acceptors (Lipinski definition) is 6. The first-order valence-electron chi connectivity index (χ1n) is 6.96. The van der Waals surface area contributed by atoms with Gasteiger partial charge in [-0.05, 0) is 36.4 Å². The van der Waals surface area contributed by atoms with Gasteiger partial charge in [-0.3, -0.25) is 0 Å². The van der Waals surface area contributed by atoms with Crippen molar-refractivity contribution in [2.75, 3.05) is 13.7 Å². The van der Waals surface area contributed by atoms with E-state index in [9.17, 15) is 9.59 Å². The average Bonchev–Trinajstić information content (AvgIpc) is 2.61. The SMILES string of the molecule is COC(=O)c1ccc(OC(=O)[C@H]2COc3ccccc3O2)cc1. The third-order valence-corrected chi connectivity index (χ3v) is 3.27. The second kappa shape index (κ2) is 6.39. The van der Waals surface area contributed by atoms with Crippen LogP contribution in [0.15, 0.2) is 48.5 Å². The zero-order valence-electron chi connectivity index (χ0n) is 12.4. The molecule has 1 heterocycles. The van der Waals surface area contributed by atoms with Crippen LogP contribution in [-0.4, -0.2) is 31.8 Å². The van der Waals surface area contributed by atoms with E-state index in [0.717, 1.165) is 0 Å². The maximum Gasteiger partial charge on any atom is 0.356 e. The van der Waals surface area contributed by atoms with Gasteiger partial charge in [-0.25, -0.2) is 9.59 Å². The van der Waals surface area contributed by atoms with E-state index < -0.39 is 18.0 Å². The van der Waals surface area contributed by atoms with Gasteiger partial charge in [0.2, 0.25) is 6.10 Å². The number of carbonyl (C=O) groups excluding carboxylic acids is 2. The lowest BCUT2D eigenvalue weighted by Gasteiger charge is -2.24. The smallest absolute Gasteiger partial charge is 0.356 e. The molecule has 2 aromatic carbocycles. The van der Waals surface area contributed by atoms with Crippen LogP contribution in [0.3, 0.4) is 0 Å². The van der Waals surface area contributed by atoms with E-state index >= 15 is 0 Å². The molecule has 0 spiro atoms. The molecule has 0 bridgehead atoms. The van der Waals surface area contributed by atoms with Crippen LogP contribution in [0.4, 0.5) is 0 Å². The van der Waals surface area contributed by atoms with Crippen molar-refractivity contribution in [3.05, 3.63) is 54.1 Å². The summed E-state index contributed by atoms with van der Waals surface area (Å²) in [5, 5.41) is 0. The molecule has 23 heavy (non-hydrogen) atoms. The third-order valence-electron chi connectivity index (χ3n) is 3.27. The van der Waals surface area contributed by atoms with Gasteiger partial charge in [0, 0.05) is 0 Å². The van der Waals surface area contributed by atoms with Crippen LogP contribution in [0.1, 0.15) is 10.4 Å². The third kappa shape index (κ3) is 3.26. The van der Waals surface area contributed by atoms with Gasteiger partial charge in [0.1, 0.15) is 12.4 Å². The Morgan fingerprint density at radius 3 is 2.43 bits per heavy atom. The summed E-state index contributed by atoms with van der Waals surface area (Å²) in [6, 6.07) is 13.2. The molecular formula is C17H14O6. The van der Waals surface area contributed by atoms with Gasteiger partial charge in [-0.1, -0.05) is 12.1 Å². The second-order valence-electron chi connectivity index (χ2n) is 4.80. The Morgan fingerprint density at radius 2 is 1.74 bits per heavy atom. The van der Waals surface area contributed by atoms with Crippen molar-refractivity contribution >= 4 is 11.9 Å². The van der Waals surface area contributed by atoms with Crippen LogP contribution in [0.5, 0.6) is 17.2 Å². The number of esters is 2. The van der Waals surface area contributed by atoms with Gasteiger partial charge in [0.15, 0.2) is 11.5 Å². The summed E-state index contributed by atoms with van der Waals surface area (Å²) in [6.07, 6.45) is -0.842. The molecule has 0 aromatic heterocycles. The minimum atomic E-state index is -0.842. The van der Waals surface area contributed by atoms with E-state index in [1.54, 1.807) is 18.2 Å². The topological polar surface area (TPSA) is 71.1 Å². The number of para-hydroxylation sites is 2. The summed E-state index contributed by atoms with van der Waals surface area (Å²) in [5.74, 6) is 0.389. The summed E-state index contributed by atoms with van der Waals surface area (Å²) in [5.41, 5.74) is 0.374. The highest BCUT2D eigenvalue weighted by atomic mass is 16.6. The molecule has 0 unspecified atom stereocenters. The van der Waals surface area contributed by atoms with Gasteiger partial charge in [0.05, 0.1) is 12.7 Å². The molecule has 0 saturated carbocycles. The first-order valence-corrected chi connectivity index (χ1v) is 6.96. The van der Waals surface area contributed by atoms with Crippen LogP contribution in [-0.2, 0) is 9.53 Å². The molecule has 2 aromatic rings. The molecule has 0 aliphatic carbocycles. The highest BCUT2D eigenvalue weighted by Gasteiger charge is 2.29. The summed E-state index contributed by atoms with van der Waals surface area (Å²) in [4.78, 5) is 23.5. The normalized spacial score (nSPS) is 15.6. The van der Waals surface area contributed by atoms with E-state index in [2.05, 4.69) is 4.74 Å². The molecule has 6 nitrogen and oxygen atoms in total. The van der Waals surface area contributed by atoms with Gasteiger partial charge < -0.3 is 18.9 Å². The maximum absolute atomic E-state index is 12.1. The highest BCUT2D eigenvalue weighted by molar-refractivity contribution is 5.89. The molecule has 0 amide bonds. The Balaban J connectivity index is 1.65. The van der Waals surface area contributed by atoms with E-state index in [-0.39, 0.29) is 6.61 Å². The molecular weight excluding hydrogens is 300 g/mol. The fourth-order valence-electron chi connectivity index (χ4n) is 2.09. The van der Waals surface area contributed by atoms with Gasteiger partial charge in [-0.2, -0.15) is 0 Å². The molecule has 3 rings (SSSR count). The summed E-state index contributed by atoms with van der Waals surface area (Å²) >= 11 is 0. The van der Waals surface area contributed by atoms with E-state index in [4.69, 9.17) is 14.2 Å². The second-order valence-corrected chi connectivity index (χ2v) is 4.80. The Kier molecular flexibility index (Phi) is 4.14. The number of benzene rings is 2. The number of ether oxygens (including phenoxy) is 4. The quantitative estimate of drug-likeness (QED) is 0.639. The lowest BCUT2D eigenvalue weighted by atomic mass is 10.2. The minimum absolute atomic E-state index is 0.0795. The van der Waals surface area contributed by atoms with Crippen LogP contribution in [0, 0.1) is 0 Å². The summed E-state index contributed by atoms with van der Waals surface area (Å²) in [6.45, 7) is 0.0795. The minimum Gasteiger partial charge on any atom is -0.485 e. The van der Waals surface area contributed by atoms with Crippen LogP contribution >= 0.6 is 0 Å². The van der Waals surface area contributed by atoms with Crippen LogP contribution in [0.25, 0.3) is 0 Å². The first-order chi connectivity index (χ1) is 11.2. The standard InChI is InChI=1S/C17H14O6/c1-20-16(18)11-6-8-12(9-7-11)22-17(19)15-10-21-13-4-2-3-5-14(13)23-15/h2-9,15H,10H2,1H3/t15-/m1/s1. The Labute approximate surface area is 132 Å². The molecule has 0 saturated heterocycles. The van der Waals surface area contributed by atoms with Crippen molar-refractivity contribution in [2.24, 2.45) is 0 Å². The Bertz CT molecular complexity index is 722. The van der Waals surface area contributed by atoms with Crippen molar-refractivity contribution in [1.29, 1.82) is 0 Å². The maximum atomic E-state index is 12.1.